The molecule has 102 valence electrons. The van der Waals surface area contributed by atoms with Crippen molar-refractivity contribution < 1.29 is 23.4 Å². The summed E-state index contributed by atoms with van der Waals surface area (Å²) >= 11 is 5.65. The van der Waals surface area contributed by atoms with Crippen LogP contribution in [-0.4, -0.2) is 17.2 Å². The third kappa shape index (κ3) is 4.11. The second-order valence-electron chi connectivity index (χ2n) is 3.88. The highest BCUT2D eigenvalue weighted by atomic mass is 35.5. The van der Waals surface area contributed by atoms with E-state index in [9.17, 15) is 13.6 Å². The number of carboxylic acid groups (broad SMARTS) is 1. The standard InChI is InChI=1S/C13H11ClF2O3/c1-3-4-11(12(17)18)19-10-6-5-8(14)7-9(10)13(2,15)16/h1,5-7,11H,4H2,2H3,(H,17,18)/t11-/m0/s1. The molecule has 0 aliphatic heterocycles. The molecule has 6 heteroatoms. The van der Waals surface area contributed by atoms with Gasteiger partial charge in [0, 0.05) is 11.9 Å². The highest BCUT2D eigenvalue weighted by Gasteiger charge is 2.31. The predicted octanol–water partition coefficient (Wildman–Crippen LogP) is 3.31. The summed E-state index contributed by atoms with van der Waals surface area (Å²) in [5.74, 6) is -2.66. The Labute approximate surface area is 114 Å². The van der Waals surface area contributed by atoms with E-state index in [-0.39, 0.29) is 17.2 Å². The van der Waals surface area contributed by atoms with Gasteiger partial charge in [0.2, 0.25) is 6.10 Å². The van der Waals surface area contributed by atoms with Gasteiger partial charge >= 0.3 is 5.97 Å². The van der Waals surface area contributed by atoms with Crippen LogP contribution in [0.3, 0.4) is 0 Å². The molecule has 1 atom stereocenters. The first-order chi connectivity index (χ1) is 8.75. The summed E-state index contributed by atoms with van der Waals surface area (Å²) in [6.45, 7) is 0.669. The van der Waals surface area contributed by atoms with E-state index in [1.54, 1.807) is 0 Å². The van der Waals surface area contributed by atoms with Crippen molar-refractivity contribution in [2.45, 2.75) is 25.4 Å². The summed E-state index contributed by atoms with van der Waals surface area (Å²) in [4.78, 5) is 10.9. The Balaban J connectivity index is 3.13. The summed E-state index contributed by atoms with van der Waals surface area (Å²) in [7, 11) is 0. The van der Waals surface area contributed by atoms with Gasteiger partial charge in [0.25, 0.3) is 5.92 Å². The number of carbonyl (C=O) groups is 1. The Kier molecular flexibility index (Phi) is 4.73. The summed E-state index contributed by atoms with van der Waals surface area (Å²) < 4.78 is 31.9. The molecule has 0 bridgehead atoms. The molecule has 0 aliphatic rings. The molecule has 0 heterocycles. The van der Waals surface area contributed by atoms with Gasteiger partial charge in [0.05, 0.1) is 12.0 Å². The lowest BCUT2D eigenvalue weighted by Crippen LogP contribution is -2.27. The first kappa shape index (κ1) is 15.3. The van der Waals surface area contributed by atoms with Crippen LogP contribution in [-0.2, 0) is 10.7 Å². The molecule has 1 aromatic rings. The van der Waals surface area contributed by atoms with Crippen LogP contribution >= 0.6 is 11.6 Å². The number of halogens is 3. The van der Waals surface area contributed by atoms with Crippen LogP contribution in [0, 0.1) is 12.3 Å². The van der Waals surface area contributed by atoms with Crippen molar-refractivity contribution in [3.63, 3.8) is 0 Å². The predicted molar refractivity (Wildman–Crippen MR) is 66.5 cm³/mol. The number of alkyl halides is 2. The van der Waals surface area contributed by atoms with Gasteiger partial charge in [0.15, 0.2) is 0 Å². The van der Waals surface area contributed by atoms with Gasteiger partial charge in [-0.15, -0.1) is 12.3 Å². The second kappa shape index (κ2) is 5.89. The molecule has 0 unspecified atom stereocenters. The fraction of sp³-hybridized carbons (Fsp3) is 0.308. The minimum Gasteiger partial charge on any atom is -0.478 e. The number of benzene rings is 1. The first-order valence-corrected chi connectivity index (χ1v) is 5.64. The van der Waals surface area contributed by atoms with E-state index >= 15 is 0 Å². The molecule has 0 aromatic heterocycles. The van der Waals surface area contributed by atoms with Crippen molar-refractivity contribution >= 4 is 17.6 Å². The molecule has 0 saturated carbocycles. The summed E-state index contributed by atoms with van der Waals surface area (Å²) in [5.41, 5.74) is -0.483. The molecule has 3 nitrogen and oxygen atoms in total. The fourth-order valence-electron chi connectivity index (χ4n) is 1.39. The van der Waals surface area contributed by atoms with Crippen molar-refractivity contribution in [1.82, 2.24) is 0 Å². The maximum atomic E-state index is 13.4. The molecule has 0 fully saturated rings. The van der Waals surface area contributed by atoms with Crippen LogP contribution in [0.25, 0.3) is 0 Å². The zero-order chi connectivity index (χ0) is 14.6. The van der Waals surface area contributed by atoms with Crippen LogP contribution in [0.4, 0.5) is 8.78 Å². The highest BCUT2D eigenvalue weighted by molar-refractivity contribution is 6.30. The Morgan fingerprint density at radius 1 is 1.63 bits per heavy atom. The molecular formula is C13H11ClF2O3. The first-order valence-electron chi connectivity index (χ1n) is 5.26. The van der Waals surface area contributed by atoms with Crippen molar-refractivity contribution in [1.29, 1.82) is 0 Å². The summed E-state index contributed by atoms with van der Waals surface area (Å²) in [5, 5.41) is 8.98. The van der Waals surface area contributed by atoms with Crippen LogP contribution in [0.5, 0.6) is 5.75 Å². The lowest BCUT2D eigenvalue weighted by atomic mass is 10.1. The van der Waals surface area contributed by atoms with E-state index in [1.165, 1.54) is 12.1 Å². The molecule has 0 saturated heterocycles. The molecule has 0 radical (unpaired) electrons. The van der Waals surface area contributed by atoms with E-state index in [2.05, 4.69) is 5.92 Å². The van der Waals surface area contributed by atoms with Crippen molar-refractivity contribution in [2.24, 2.45) is 0 Å². The van der Waals surface area contributed by atoms with Crippen LogP contribution in [0.2, 0.25) is 5.02 Å². The van der Waals surface area contributed by atoms with Crippen LogP contribution in [0.15, 0.2) is 18.2 Å². The van der Waals surface area contributed by atoms with Gasteiger partial charge < -0.3 is 9.84 Å². The molecule has 0 aliphatic carbocycles. The number of hydrogen-bond donors (Lipinski definition) is 1. The molecular weight excluding hydrogens is 278 g/mol. The largest absolute Gasteiger partial charge is 0.478 e. The lowest BCUT2D eigenvalue weighted by Gasteiger charge is -2.19. The van der Waals surface area contributed by atoms with Crippen molar-refractivity contribution in [3.8, 4) is 18.1 Å². The number of terminal acetylenes is 1. The van der Waals surface area contributed by atoms with E-state index in [0.717, 1.165) is 6.07 Å². The number of hydrogen-bond acceptors (Lipinski definition) is 2. The minimum absolute atomic E-state index is 0.104. The molecule has 19 heavy (non-hydrogen) atoms. The average Bonchev–Trinajstić information content (AvgIpc) is 2.29. The molecule has 1 rings (SSSR count). The smallest absolute Gasteiger partial charge is 0.345 e. The lowest BCUT2D eigenvalue weighted by molar-refractivity contribution is -0.145. The monoisotopic (exact) mass is 288 g/mol. The highest BCUT2D eigenvalue weighted by Crippen LogP contribution is 2.36. The van der Waals surface area contributed by atoms with Crippen molar-refractivity contribution in [2.75, 3.05) is 0 Å². The number of aliphatic carboxylic acids is 1. The zero-order valence-electron chi connectivity index (χ0n) is 9.99. The second-order valence-corrected chi connectivity index (χ2v) is 4.32. The van der Waals surface area contributed by atoms with E-state index in [4.69, 9.17) is 27.9 Å². The van der Waals surface area contributed by atoms with E-state index < -0.39 is 23.6 Å². The molecule has 1 N–H and O–H groups in total. The maximum absolute atomic E-state index is 13.4. The average molecular weight is 289 g/mol. The number of carboxylic acids is 1. The Bertz CT molecular complexity index is 518. The molecule has 1 aromatic carbocycles. The Morgan fingerprint density at radius 3 is 2.74 bits per heavy atom. The third-order valence-electron chi connectivity index (χ3n) is 2.26. The fourth-order valence-corrected chi connectivity index (χ4v) is 1.56. The van der Waals surface area contributed by atoms with Gasteiger partial charge in [-0.2, -0.15) is 0 Å². The van der Waals surface area contributed by atoms with Crippen LogP contribution in [0.1, 0.15) is 18.9 Å². The maximum Gasteiger partial charge on any atom is 0.345 e. The van der Waals surface area contributed by atoms with E-state index in [0.29, 0.717) is 6.92 Å². The third-order valence-corrected chi connectivity index (χ3v) is 2.50. The summed E-state index contributed by atoms with van der Waals surface area (Å²) in [6.07, 6.45) is 3.39. The topological polar surface area (TPSA) is 46.5 Å². The van der Waals surface area contributed by atoms with Crippen molar-refractivity contribution in [3.05, 3.63) is 28.8 Å². The zero-order valence-corrected chi connectivity index (χ0v) is 10.7. The van der Waals surface area contributed by atoms with Gasteiger partial charge in [-0.25, -0.2) is 13.6 Å². The Morgan fingerprint density at radius 2 is 2.26 bits per heavy atom. The molecule has 0 amide bonds. The van der Waals surface area contributed by atoms with Crippen LogP contribution < -0.4 is 4.74 Å². The number of ether oxygens (including phenoxy) is 1. The Hall–Kier alpha value is -1.80. The van der Waals surface area contributed by atoms with Gasteiger partial charge in [-0.3, -0.25) is 0 Å². The quantitative estimate of drug-likeness (QED) is 0.846. The number of rotatable bonds is 5. The summed E-state index contributed by atoms with van der Waals surface area (Å²) in [6, 6.07) is 3.56. The molecule has 0 spiro atoms. The SMILES string of the molecule is C#CC[C@H](Oc1ccc(Cl)cc1C(C)(F)F)C(=O)O. The normalized spacial score (nSPS) is 12.6. The van der Waals surface area contributed by atoms with E-state index in [1.807, 2.05) is 0 Å². The minimum atomic E-state index is -3.21. The van der Waals surface area contributed by atoms with Gasteiger partial charge in [0.1, 0.15) is 5.75 Å². The van der Waals surface area contributed by atoms with Gasteiger partial charge in [-0.05, 0) is 18.2 Å². The van der Waals surface area contributed by atoms with Gasteiger partial charge in [-0.1, -0.05) is 11.6 Å².